The van der Waals surface area contributed by atoms with Crippen LogP contribution in [0.15, 0.2) is 54.6 Å². The van der Waals surface area contributed by atoms with Crippen LogP contribution in [0.5, 0.6) is 0 Å². The summed E-state index contributed by atoms with van der Waals surface area (Å²) in [7, 11) is 0. The first kappa shape index (κ1) is 15.6. The number of carbonyl (C=O) groups excluding carboxylic acids is 1. The fourth-order valence-corrected chi connectivity index (χ4v) is 2.56. The zero-order chi connectivity index (χ0) is 15.1. The number of nitrogens with one attached hydrogen (secondary N) is 1. The summed E-state index contributed by atoms with van der Waals surface area (Å²) >= 11 is 5.83. The molecule has 0 aliphatic rings. The Hall–Kier alpha value is -1.80. The zero-order valence-corrected chi connectivity index (χ0v) is 12.9. The minimum atomic E-state index is -0.0950. The first-order valence-electron chi connectivity index (χ1n) is 7.21. The first-order valence-corrected chi connectivity index (χ1v) is 7.74. The van der Waals surface area contributed by atoms with Gasteiger partial charge in [-0.2, -0.15) is 0 Å². The van der Waals surface area contributed by atoms with Gasteiger partial charge in [-0.1, -0.05) is 61.5 Å². The molecule has 1 unspecified atom stereocenters. The number of halogens is 1. The van der Waals surface area contributed by atoms with Crippen LogP contribution in [0.3, 0.4) is 0 Å². The van der Waals surface area contributed by atoms with Gasteiger partial charge in [0.1, 0.15) is 0 Å². The first-order chi connectivity index (χ1) is 10.2. The number of hydrogen-bond donors (Lipinski definition) is 1. The third-order valence-electron chi connectivity index (χ3n) is 3.54. The van der Waals surface area contributed by atoms with Crippen LogP contribution >= 0.6 is 11.6 Å². The van der Waals surface area contributed by atoms with Crippen molar-refractivity contribution >= 4 is 17.5 Å². The lowest BCUT2D eigenvalue weighted by molar-refractivity contribution is -0.122. The minimum Gasteiger partial charge on any atom is -0.351 e. The number of hydrogen-bond acceptors (Lipinski definition) is 1. The molecule has 0 aromatic heterocycles. The Bertz CT molecular complexity index is 583. The van der Waals surface area contributed by atoms with Gasteiger partial charge < -0.3 is 5.32 Å². The molecule has 0 aliphatic carbocycles. The molecule has 0 heterocycles. The monoisotopic (exact) mass is 301 g/mol. The molecule has 2 nitrogen and oxygen atoms in total. The topological polar surface area (TPSA) is 29.1 Å². The summed E-state index contributed by atoms with van der Waals surface area (Å²) in [6, 6.07) is 17.9. The van der Waals surface area contributed by atoms with E-state index in [1.165, 1.54) is 0 Å². The molecule has 0 fully saturated rings. The van der Waals surface area contributed by atoms with Gasteiger partial charge >= 0.3 is 0 Å². The van der Waals surface area contributed by atoms with E-state index in [0.717, 1.165) is 23.1 Å². The summed E-state index contributed by atoms with van der Waals surface area (Å²) in [6.07, 6.45) is 0.789. The van der Waals surface area contributed by atoms with E-state index in [1.54, 1.807) is 0 Å². The summed E-state index contributed by atoms with van der Waals surface area (Å²) in [5.74, 6) is 0.464. The third kappa shape index (κ3) is 4.33. The second-order valence-electron chi connectivity index (χ2n) is 5.04. The van der Waals surface area contributed by atoms with Crippen LogP contribution in [0, 0.1) is 0 Å². The molecule has 0 bridgehead atoms. The fourth-order valence-electron chi connectivity index (χ4n) is 2.39. The van der Waals surface area contributed by atoms with Crippen molar-refractivity contribution in [2.75, 3.05) is 0 Å². The summed E-state index contributed by atoms with van der Waals surface area (Å²) in [6.45, 7) is 2.57. The highest BCUT2D eigenvalue weighted by molar-refractivity contribution is 6.17. The van der Waals surface area contributed by atoms with Gasteiger partial charge in [-0.25, -0.2) is 0 Å². The molecule has 1 N–H and O–H groups in total. The Kier molecular flexibility index (Phi) is 5.82. The van der Waals surface area contributed by atoms with Crippen molar-refractivity contribution < 1.29 is 4.79 Å². The summed E-state index contributed by atoms with van der Waals surface area (Å²) in [5, 5.41) is 3.02. The Balaban J connectivity index is 2.00. The predicted octanol–water partition coefficient (Wildman–Crippen LogP) is 4.24. The Morgan fingerprint density at radius 2 is 1.81 bits per heavy atom. The van der Waals surface area contributed by atoms with Gasteiger partial charge in [0, 0.05) is 12.4 Å². The predicted molar refractivity (Wildman–Crippen MR) is 87.3 cm³/mol. The molecule has 0 saturated carbocycles. The van der Waals surface area contributed by atoms with Crippen LogP contribution in [-0.2, 0) is 17.2 Å². The fraction of sp³-hybridized carbons (Fsp3) is 0.278. The summed E-state index contributed by atoms with van der Waals surface area (Å²) in [5.41, 5.74) is 3.20. The molecular weight excluding hydrogens is 282 g/mol. The standard InChI is InChI=1S/C18H20ClNO/c1-2-17(16-9-4-3-5-10-16)18(21)20-13-15-8-6-7-14(11-15)12-19/h3-11,17H,2,12-13H2,1H3,(H,20,21). The van der Waals surface area contributed by atoms with E-state index in [4.69, 9.17) is 11.6 Å². The molecule has 21 heavy (non-hydrogen) atoms. The van der Waals surface area contributed by atoms with Crippen LogP contribution in [0.2, 0.25) is 0 Å². The van der Waals surface area contributed by atoms with Gasteiger partial charge in [-0.05, 0) is 23.1 Å². The van der Waals surface area contributed by atoms with Crippen LogP contribution in [0.4, 0.5) is 0 Å². The Labute approximate surface area is 131 Å². The Morgan fingerprint density at radius 3 is 2.48 bits per heavy atom. The minimum absolute atomic E-state index is 0.0694. The molecule has 2 aromatic rings. The molecule has 3 heteroatoms. The van der Waals surface area contributed by atoms with Crippen molar-refractivity contribution in [3.63, 3.8) is 0 Å². The second kappa shape index (κ2) is 7.84. The molecule has 0 radical (unpaired) electrons. The molecule has 0 saturated heterocycles. The van der Waals surface area contributed by atoms with E-state index < -0.39 is 0 Å². The van der Waals surface area contributed by atoms with Gasteiger partial charge in [0.15, 0.2) is 0 Å². The van der Waals surface area contributed by atoms with Crippen LogP contribution in [0.1, 0.15) is 36.0 Å². The van der Waals surface area contributed by atoms with Gasteiger partial charge in [0.05, 0.1) is 5.92 Å². The van der Waals surface area contributed by atoms with E-state index in [-0.39, 0.29) is 11.8 Å². The lowest BCUT2D eigenvalue weighted by atomic mass is 9.95. The molecular formula is C18H20ClNO. The van der Waals surface area contributed by atoms with Crippen molar-refractivity contribution in [1.29, 1.82) is 0 Å². The molecule has 1 amide bonds. The van der Waals surface area contributed by atoms with E-state index in [0.29, 0.717) is 12.4 Å². The highest BCUT2D eigenvalue weighted by Crippen LogP contribution is 2.19. The maximum atomic E-state index is 12.4. The maximum Gasteiger partial charge on any atom is 0.227 e. The second-order valence-corrected chi connectivity index (χ2v) is 5.31. The molecule has 0 spiro atoms. The van der Waals surface area contributed by atoms with Crippen LogP contribution in [0.25, 0.3) is 0 Å². The normalized spacial score (nSPS) is 11.9. The number of rotatable bonds is 6. The number of benzene rings is 2. The van der Waals surface area contributed by atoms with E-state index in [9.17, 15) is 4.79 Å². The van der Waals surface area contributed by atoms with Crippen molar-refractivity contribution in [2.45, 2.75) is 31.7 Å². The van der Waals surface area contributed by atoms with E-state index >= 15 is 0 Å². The number of alkyl halides is 1. The van der Waals surface area contributed by atoms with Gasteiger partial charge in [0.2, 0.25) is 5.91 Å². The third-order valence-corrected chi connectivity index (χ3v) is 3.85. The SMILES string of the molecule is CCC(C(=O)NCc1cccc(CCl)c1)c1ccccc1. The van der Waals surface area contributed by atoms with Crippen molar-refractivity contribution in [3.05, 3.63) is 71.3 Å². The van der Waals surface area contributed by atoms with Gasteiger partial charge in [-0.3, -0.25) is 4.79 Å². The summed E-state index contributed by atoms with van der Waals surface area (Å²) in [4.78, 5) is 12.4. The van der Waals surface area contributed by atoms with Crippen molar-refractivity contribution in [2.24, 2.45) is 0 Å². The lowest BCUT2D eigenvalue weighted by Crippen LogP contribution is -2.28. The number of carbonyl (C=O) groups is 1. The van der Waals surface area contributed by atoms with E-state index in [1.807, 2.05) is 61.5 Å². The Morgan fingerprint density at radius 1 is 1.10 bits per heavy atom. The lowest BCUT2D eigenvalue weighted by Gasteiger charge is -2.15. The average molecular weight is 302 g/mol. The van der Waals surface area contributed by atoms with Gasteiger partial charge in [0.25, 0.3) is 0 Å². The highest BCUT2D eigenvalue weighted by atomic mass is 35.5. The zero-order valence-electron chi connectivity index (χ0n) is 12.2. The maximum absolute atomic E-state index is 12.4. The van der Waals surface area contributed by atoms with Crippen molar-refractivity contribution in [3.8, 4) is 0 Å². The number of amides is 1. The van der Waals surface area contributed by atoms with Crippen LogP contribution < -0.4 is 5.32 Å². The molecule has 110 valence electrons. The molecule has 2 aromatic carbocycles. The van der Waals surface area contributed by atoms with Crippen LogP contribution in [-0.4, -0.2) is 5.91 Å². The molecule has 2 rings (SSSR count). The van der Waals surface area contributed by atoms with Gasteiger partial charge in [-0.15, -0.1) is 11.6 Å². The van der Waals surface area contributed by atoms with E-state index in [2.05, 4.69) is 5.32 Å². The average Bonchev–Trinajstić information content (AvgIpc) is 2.55. The summed E-state index contributed by atoms with van der Waals surface area (Å²) < 4.78 is 0. The highest BCUT2D eigenvalue weighted by Gasteiger charge is 2.17. The molecule has 0 aliphatic heterocycles. The largest absolute Gasteiger partial charge is 0.351 e. The smallest absolute Gasteiger partial charge is 0.227 e. The molecule has 1 atom stereocenters. The van der Waals surface area contributed by atoms with Crippen molar-refractivity contribution in [1.82, 2.24) is 5.32 Å². The quantitative estimate of drug-likeness (QED) is 0.795.